The number of amides is 2. The van der Waals surface area contributed by atoms with Crippen molar-refractivity contribution in [3.8, 4) is 0 Å². The average Bonchev–Trinajstić information content (AvgIpc) is 3.55. The maximum absolute atomic E-state index is 12.2. The Hall–Kier alpha value is -3.37. The second-order valence-corrected chi connectivity index (χ2v) is 12.6. The summed E-state index contributed by atoms with van der Waals surface area (Å²) in [6, 6.07) is 8.48. The van der Waals surface area contributed by atoms with Crippen molar-refractivity contribution in [3.63, 3.8) is 0 Å². The highest BCUT2D eigenvalue weighted by molar-refractivity contribution is 7.18. The number of fused-ring (bicyclic) bond motifs is 2. The van der Waals surface area contributed by atoms with Crippen LogP contribution in [0.5, 0.6) is 0 Å². The van der Waals surface area contributed by atoms with Gasteiger partial charge in [0, 0.05) is 37.1 Å². The van der Waals surface area contributed by atoms with E-state index in [0.29, 0.717) is 41.5 Å². The number of anilines is 1. The van der Waals surface area contributed by atoms with Crippen LogP contribution in [0.4, 0.5) is 5.69 Å². The molecule has 10 heteroatoms. The molecule has 2 unspecified atom stereocenters. The predicted octanol–water partition coefficient (Wildman–Crippen LogP) is 4.90. The van der Waals surface area contributed by atoms with Crippen LogP contribution < -0.4 is 5.32 Å². The molecule has 5 heterocycles. The second-order valence-electron chi connectivity index (χ2n) is 11.6. The average molecular weight is 548 g/mol. The van der Waals surface area contributed by atoms with Gasteiger partial charge < -0.3 is 15.1 Å². The van der Waals surface area contributed by atoms with E-state index in [0.717, 1.165) is 30.3 Å². The van der Waals surface area contributed by atoms with Gasteiger partial charge in [0.05, 0.1) is 38.8 Å². The van der Waals surface area contributed by atoms with E-state index in [-0.39, 0.29) is 0 Å². The van der Waals surface area contributed by atoms with E-state index in [2.05, 4.69) is 77.5 Å². The fourth-order valence-corrected chi connectivity index (χ4v) is 7.09. The van der Waals surface area contributed by atoms with Gasteiger partial charge in [0.1, 0.15) is 0 Å². The molecule has 2 saturated heterocycles. The van der Waals surface area contributed by atoms with Crippen LogP contribution in [0.1, 0.15) is 51.0 Å². The smallest absolute Gasteiger partial charge is 0.314 e. The van der Waals surface area contributed by atoms with Crippen molar-refractivity contribution < 1.29 is 9.59 Å². The highest BCUT2D eigenvalue weighted by atomic mass is 32.1. The Labute approximate surface area is 233 Å². The zero-order chi connectivity index (χ0) is 27.6. The maximum Gasteiger partial charge on any atom is 0.314 e. The Morgan fingerprint density at radius 2 is 1.95 bits per heavy atom. The van der Waals surface area contributed by atoms with Crippen molar-refractivity contribution in [2.24, 2.45) is 11.3 Å². The number of H-pyrrole nitrogens is 1. The molecule has 0 saturated carbocycles. The van der Waals surface area contributed by atoms with Gasteiger partial charge >= 0.3 is 11.8 Å². The van der Waals surface area contributed by atoms with E-state index in [1.807, 2.05) is 11.3 Å². The van der Waals surface area contributed by atoms with Crippen molar-refractivity contribution in [2.75, 3.05) is 38.5 Å². The minimum absolute atomic E-state index is 0.320. The summed E-state index contributed by atoms with van der Waals surface area (Å²) in [5, 5.41) is 11.4. The van der Waals surface area contributed by atoms with Gasteiger partial charge in [-0.1, -0.05) is 32.9 Å². The van der Waals surface area contributed by atoms with Gasteiger partial charge in [-0.3, -0.25) is 19.7 Å². The van der Waals surface area contributed by atoms with Crippen molar-refractivity contribution in [1.29, 1.82) is 0 Å². The number of benzene rings is 1. The molecule has 39 heavy (non-hydrogen) atoms. The first kappa shape index (κ1) is 27.2. The van der Waals surface area contributed by atoms with Crippen LogP contribution in [0.3, 0.4) is 0 Å². The molecule has 2 amide bonds. The number of aromatic amines is 1. The van der Waals surface area contributed by atoms with Crippen LogP contribution in [0.25, 0.3) is 21.1 Å². The molecule has 0 aliphatic carbocycles. The number of hydrogen-bond donors (Lipinski definition) is 2. The van der Waals surface area contributed by atoms with E-state index >= 15 is 0 Å². The lowest BCUT2D eigenvalue weighted by Crippen LogP contribution is -2.44. The first-order valence-corrected chi connectivity index (χ1v) is 14.4. The minimum atomic E-state index is -0.631. The van der Waals surface area contributed by atoms with Crippen molar-refractivity contribution >= 4 is 50.0 Å². The Bertz CT molecular complexity index is 1430. The Kier molecular flexibility index (Phi) is 7.95. The Morgan fingerprint density at radius 3 is 2.72 bits per heavy atom. The van der Waals surface area contributed by atoms with E-state index < -0.39 is 11.8 Å². The quantitative estimate of drug-likeness (QED) is 0.346. The molecule has 1 aromatic carbocycles. The van der Waals surface area contributed by atoms with Gasteiger partial charge in [-0.2, -0.15) is 5.10 Å². The third-order valence-corrected chi connectivity index (χ3v) is 8.92. The van der Waals surface area contributed by atoms with Crippen LogP contribution in [0.15, 0.2) is 42.9 Å². The zero-order valence-corrected chi connectivity index (χ0v) is 23.9. The van der Waals surface area contributed by atoms with Crippen LogP contribution in [0, 0.1) is 11.3 Å². The molecule has 6 rings (SSSR count). The number of para-hydroxylation sites is 1. The van der Waals surface area contributed by atoms with Gasteiger partial charge in [-0.25, -0.2) is 4.98 Å². The molecule has 2 aliphatic heterocycles. The normalized spacial score (nSPS) is 21.4. The lowest BCUT2D eigenvalue weighted by atomic mass is 9.74. The number of carbonyl (C=O) groups excluding carboxylic acids is 2. The largest absolute Gasteiger partial charge is 0.334 e. The lowest BCUT2D eigenvalue weighted by Gasteiger charge is -2.42. The summed E-state index contributed by atoms with van der Waals surface area (Å²) >= 11 is 1.88. The number of pyridine rings is 1. The number of thiazole rings is 1. The highest BCUT2D eigenvalue weighted by Crippen LogP contribution is 2.44. The summed E-state index contributed by atoms with van der Waals surface area (Å²) in [7, 11) is 2.22. The summed E-state index contributed by atoms with van der Waals surface area (Å²) in [4.78, 5) is 37.2. The SMILES string of the molecule is CC1CCCN(C(=O)C(=O)Nc2cncc3cn[nH]c23)C1.CN1CCC(c2nc3ccccc3s2)C(C)(C)C1. The van der Waals surface area contributed by atoms with Gasteiger partial charge in [0.15, 0.2) is 0 Å². The first-order chi connectivity index (χ1) is 18.7. The molecule has 2 N–H and O–H groups in total. The fourth-order valence-electron chi connectivity index (χ4n) is 5.78. The molecule has 0 bridgehead atoms. The van der Waals surface area contributed by atoms with Crippen molar-refractivity contribution in [1.82, 2.24) is 30.0 Å². The summed E-state index contributed by atoms with van der Waals surface area (Å²) in [5.74, 6) is -0.0784. The van der Waals surface area contributed by atoms with Gasteiger partial charge in [0.25, 0.3) is 0 Å². The van der Waals surface area contributed by atoms with Crippen LogP contribution in [0.2, 0.25) is 0 Å². The monoisotopic (exact) mass is 547 g/mol. The second kappa shape index (κ2) is 11.4. The maximum atomic E-state index is 12.2. The molecular formula is C29H37N7O2S. The molecule has 206 valence electrons. The third-order valence-electron chi connectivity index (χ3n) is 7.77. The van der Waals surface area contributed by atoms with Crippen LogP contribution in [-0.4, -0.2) is 75.0 Å². The third kappa shape index (κ3) is 6.12. The molecule has 0 spiro atoms. The minimum Gasteiger partial charge on any atom is -0.334 e. The fraction of sp³-hybridized carbons (Fsp3) is 0.483. The number of nitrogens with zero attached hydrogens (tertiary/aromatic N) is 5. The number of piperidine rings is 2. The number of likely N-dealkylation sites (tertiary alicyclic amines) is 2. The molecule has 3 aromatic heterocycles. The number of nitrogens with one attached hydrogen (secondary N) is 2. The molecule has 2 atom stereocenters. The van der Waals surface area contributed by atoms with E-state index in [9.17, 15) is 9.59 Å². The van der Waals surface area contributed by atoms with E-state index in [1.165, 1.54) is 28.9 Å². The lowest BCUT2D eigenvalue weighted by molar-refractivity contribution is -0.144. The van der Waals surface area contributed by atoms with Crippen molar-refractivity contribution in [2.45, 2.75) is 46.0 Å². The number of rotatable bonds is 2. The Morgan fingerprint density at radius 1 is 1.13 bits per heavy atom. The number of aromatic nitrogens is 4. The molecule has 9 nitrogen and oxygen atoms in total. The Balaban J connectivity index is 0.000000160. The summed E-state index contributed by atoms with van der Waals surface area (Å²) < 4.78 is 1.32. The zero-order valence-electron chi connectivity index (χ0n) is 23.1. The number of hydrogen-bond acceptors (Lipinski definition) is 7. The van der Waals surface area contributed by atoms with Gasteiger partial charge in [-0.15, -0.1) is 11.3 Å². The highest BCUT2D eigenvalue weighted by Gasteiger charge is 2.37. The first-order valence-electron chi connectivity index (χ1n) is 13.6. The topological polar surface area (TPSA) is 107 Å². The van der Waals surface area contributed by atoms with E-state index in [1.54, 1.807) is 17.3 Å². The molecular weight excluding hydrogens is 510 g/mol. The molecule has 2 aliphatic rings. The summed E-state index contributed by atoms with van der Waals surface area (Å²) in [5.41, 5.74) is 2.61. The summed E-state index contributed by atoms with van der Waals surface area (Å²) in [6.45, 7) is 10.5. The standard InChI is InChI=1S/C15H20N2S.C14H17N5O2/c1-15(2)10-17(3)9-8-11(15)14-16-12-6-4-5-7-13(12)18-14;1-9-3-2-4-19(8-9)14(21)13(20)17-11-7-15-5-10-6-16-18-12(10)11/h4-7,11H,8-10H2,1-3H3;5-7,9H,2-4,8H2,1H3,(H,16,18)(H,17,20). The summed E-state index contributed by atoms with van der Waals surface area (Å²) in [6.07, 6.45) is 8.03. The molecule has 0 radical (unpaired) electrons. The predicted molar refractivity (Wildman–Crippen MR) is 156 cm³/mol. The van der Waals surface area contributed by atoms with Crippen LogP contribution >= 0.6 is 11.3 Å². The van der Waals surface area contributed by atoms with Crippen molar-refractivity contribution in [3.05, 3.63) is 47.9 Å². The molecule has 2 fully saturated rings. The molecule has 4 aromatic rings. The van der Waals surface area contributed by atoms with Gasteiger partial charge in [-0.05, 0) is 56.3 Å². The number of carbonyl (C=O) groups is 2. The van der Waals surface area contributed by atoms with Crippen LogP contribution in [-0.2, 0) is 9.59 Å². The van der Waals surface area contributed by atoms with E-state index in [4.69, 9.17) is 4.98 Å². The van der Waals surface area contributed by atoms with Gasteiger partial charge in [0.2, 0.25) is 0 Å².